The van der Waals surface area contributed by atoms with Crippen LogP contribution in [0.25, 0.3) is 17.0 Å². The SMILES string of the molecule is C=CC.Cc1c[nH]c2c(CCNCc3ccc(/C=C/C(=O)NO)cc3)cccc12. The second-order valence-corrected chi connectivity index (χ2v) is 6.70. The maximum Gasteiger partial charge on any atom is 0.267 e. The van der Waals surface area contributed by atoms with Gasteiger partial charge >= 0.3 is 0 Å². The van der Waals surface area contributed by atoms with Crippen molar-refractivity contribution in [3.8, 4) is 0 Å². The average Bonchev–Trinajstić information content (AvgIpc) is 3.12. The molecule has 1 aromatic heterocycles. The summed E-state index contributed by atoms with van der Waals surface area (Å²) in [6, 6.07) is 14.4. The number of benzene rings is 2. The lowest BCUT2D eigenvalue weighted by atomic mass is 10.1. The van der Waals surface area contributed by atoms with Gasteiger partial charge in [0.25, 0.3) is 5.91 Å². The molecule has 0 atom stereocenters. The molecule has 0 saturated carbocycles. The number of hydroxylamine groups is 1. The summed E-state index contributed by atoms with van der Waals surface area (Å²) in [5.41, 5.74) is 7.49. The van der Waals surface area contributed by atoms with Crippen molar-refractivity contribution >= 4 is 22.9 Å². The number of para-hydroxylation sites is 1. The Hall–Kier alpha value is -3.15. The maximum absolute atomic E-state index is 11.0. The van der Waals surface area contributed by atoms with Crippen LogP contribution >= 0.6 is 0 Å². The Bertz CT molecular complexity index is 956. The predicted octanol–water partition coefficient (Wildman–Crippen LogP) is 4.52. The van der Waals surface area contributed by atoms with E-state index in [1.54, 1.807) is 17.6 Å². The van der Waals surface area contributed by atoms with Crippen molar-refractivity contribution in [1.29, 1.82) is 0 Å². The number of nitrogens with one attached hydrogen (secondary N) is 3. The van der Waals surface area contributed by atoms with E-state index in [0.717, 1.165) is 25.1 Å². The highest BCUT2D eigenvalue weighted by Gasteiger charge is 2.04. The molecule has 5 heteroatoms. The predicted molar refractivity (Wildman–Crippen MR) is 120 cm³/mol. The molecule has 1 amide bonds. The minimum absolute atomic E-state index is 0.539. The number of aryl methyl sites for hydroxylation is 1. The Morgan fingerprint density at radius 2 is 1.93 bits per heavy atom. The molecule has 0 aliphatic rings. The summed E-state index contributed by atoms with van der Waals surface area (Å²) in [7, 11) is 0. The number of fused-ring (bicyclic) bond motifs is 1. The minimum Gasteiger partial charge on any atom is -0.361 e. The van der Waals surface area contributed by atoms with Gasteiger partial charge in [0.05, 0.1) is 0 Å². The number of hydrogen-bond acceptors (Lipinski definition) is 3. The highest BCUT2D eigenvalue weighted by molar-refractivity contribution is 5.90. The lowest BCUT2D eigenvalue weighted by molar-refractivity contribution is -0.124. The van der Waals surface area contributed by atoms with Crippen LogP contribution in [-0.2, 0) is 17.8 Å². The Morgan fingerprint density at radius 1 is 1.21 bits per heavy atom. The number of aromatic amines is 1. The fourth-order valence-electron chi connectivity index (χ4n) is 2.98. The second-order valence-electron chi connectivity index (χ2n) is 6.70. The van der Waals surface area contributed by atoms with Gasteiger partial charge in [-0.3, -0.25) is 10.0 Å². The highest BCUT2D eigenvalue weighted by Crippen LogP contribution is 2.21. The van der Waals surface area contributed by atoms with Crippen LogP contribution < -0.4 is 10.8 Å². The third-order valence-corrected chi connectivity index (χ3v) is 4.43. The van der Waals surface area contributed by atoms with Crippen LogP contribution in [0.4, 0.5) is 0 Å². The fourth-order valence-corrected chi connectivity index (χ4v) is 2.98. The summed E-state index contributed by atoms with van der Waals surface area (Å²) >= 11 is 0. The quantitative estimate of drug-likeness (QED) is 0.157. The van der Waals surface area contributed by atoms with Crippen molar-refractivity contribution in [3.63, 3.8) is 0 Å². The molecule has 1 heterocycles. The molecule has 0 saturated heterocycles. The number of hydrogen-bond donors (Lipinski definition) is 4. The molecular weight excluding hydrogens is 362 g/mol. The fraction of sp³-hybridized carbons (Fsp3) is 0.208. The smallest absolute Gasteiger partial charge is 0.267 e. The number of amides is 1. The first-order valence-corrected chi connectivity index (χ1v) is 9.63. The van der Waals surface area contributed by atoms with Crippen molar-refractivity contribution in [3.05, 3.63) is 89.6 Å². The monoisotopic (exact) mass is 391 g/mol. The van der Waals surface area contributed by atoms with Gasteiger partial charge in [-0.15, -0.1) is 6.58 Å². The molecule has 152 valence electrons. The summed E-state index contributed by atoms with van der Waals surface area (Å²) in [6.45, 7) is 9.06. The molecule has 29 heavy (non-hydrogen) atoms. The number of aromatic nitrogens is 1. The second kappa shape index (κ2) is 11.6. The lowest BCUT2D eigenvalue weighted by Gasteiger charge is -2.07. The van der Waals surface area contributed by atoms with Crippen LogP contribution in [0.1, 0.15) is 29.2 Å². The first-order valence-electron chi connectivity index (χ1n) is 9.63. The van der Waals surface area contributed by atoms with Gasteiger partial charge in [0.1, 0.15) is 0 Å². The molecule has 5 nitrogen and oxygen atoms in total. The van der Waals surface area contributed by atoms with Gasteiger partial charge in [0.15, 0.2) is 0 Å². The van der Waals surface area contributed by atoms with Gasteiger partial charge in [-0.25, -0.2) is 5.48 Å². The highest BCUT2D eigenvalue weighted by atomic mass is 16.5. The zero-order valence-electron chi connectivity index (χ0n) is 17.0. The molecule has 0 bridgehead atoms. The summed E-state index contributed by atoms with van der Waals surface area (Å²) in [4.78, 5) is 14.3. The molecule has 0 radical (unpaired) electrons. The zero-order valence-corrected chi connectivity index (χ0v) is 17.0. The van der Waals surface area contributed by atoms with Crippen LogP contribution in [0.5, 0.6) is 0 Å². The Balaban J connectivity index is 0.000000941. The third-order valence-electron chi connectivity index (χ3n) is 4.43. The van der Waals surface area contributed by atoms with E-state index in [2.05, 4.69) is 48.2 Å². The summed E-state index contributed by atoms with van der Waals surface area (Å²) in [6.07, 6.45) is 7.72. The van der Waals surface area contributed by atoms with Gasteiger partial charge in [0.2, 0.25) is 0 Å². The standard InChI is InChI=1S/C21H23N3O2.C3H6/c1-15-13-23-21-18(3-2-4-19(15)21)11-12-22-14-17-7-5-16(6-8-17)9-10-20(25)24-26;1-3-2/h2-10,13,22-23,26H,11-12,14H2,1H3,(H,24,25);3H,1H2,2H3/b10-9+;. The van der Waals surface area contributed by atoms with E-state index < -0.39 is 5.91 Å². The van der Waals surface area contributed by atoms with Crippen molar-refractivity contribution < 1.29 is 10.0 Å². The van der Waals surface area contributed by atoms with Gasteiger partial charge < -0.3 is 10.3 Å². The number of H-pyrrole nitrogens is 1. The van der Waals surface area contributed by atoms with Gasteiger partial charge in [-0.2, -0.15) is 0 Å². The zero-order chi connectivity index (χ0) is 21.1. The van der Waals surface area contributed by atoms with E-state index in [4.69, 9.17) is 5.21 Å². The number of carbonyl (C=O) groups excluding carboxylic acids is 1. The minimum atomic E-state index is -0.539. The first kappa shape index (κ1) is 22.1. The van der Waals surface area contributed by atoms with E-state index in [1.165, 1.54) is 33.7 Å². The molecule has 0 unspecified atom stereocenters. The molecule has 0 spiro atoms. The molecule has 2 aromatic carbocycles. The summed E-state index contributed by atoms with van der Waals surface area (Å²) in [5, 5.41) is 13.2. The topological polar surface area (TPSA) is 77.2 Å². The van der Waals surface area contributed by atoms with Gasteiger partial charge in [0, 0.05) is 29.7 Å². The molecule has 0 aliphatic carbocycles. The Kier molecular flexibility index (Phi) is 8.89. The summed E-state index contributed by atoms with van der Waals surface area (Å²) in [5.74, 6) is -0.539. The number of allylic oxidation sites excluding steroid dienone is 1. The molecule has 4 N–H and O–H groups in total. The van der Waals surface area contributed by atoms with E-state index in [0.29, 0.717) is 0 Å². The average molecular weight is 392 g/mol. The molecular formula is C24H29N3O2. The normalized spacial score (nSPS) is 10.6. The molecule has 0 fully saturated rings. The van der Waals surface area contributed by atoms with E-state index in [1.807, 2.05) is 31.2 Å². The lowest BCUT2D eigenvalue weighted by Crippen LogP contribution is -2.16. The van der Waals surface area contributed by atoms with Crippen LogP contribution in [-0.4, -0.2) is 22.6 Å². The van der Waals surface area contributed by atoms with Crippen molar-refractivity contribution in [2.45, 2.75) is 26.8 Å². The van der Waals surface area contributed by atoms with Crippen molar-refractivity contribution in [2.24, 2.45) is 0 Å². The molecule has 3 rings (SSSR count). The van der Waals surface area contributed by atoms with E-state index in [9.17, 15) is 4.79 Å². The van der Waals surface area contributed by atoms with Crippen LogP contribution in [0.2, 0.25) is 0 Å². The first-order chi connectivity index (χ1) is 14.1. The Labute approximate surface area is 172 Å². The Morgan fingerprint density at radius 3 is 2.62 bits per heavy atom. The van der Waals surface area contributed by atoms with Crippen molar-refractivity contribution in [1.82, 2.24) is 15.8 Å². The largest absolute Gasteiger partial charge is 0.361 e. The van der Waals surface area contributed by atoms with Crippen LogP contribution in [0, 0.1) is 6.92 Å². The van der Waals surface area contributed by atoms with Gasteiger partial charge in [-0.1, -0.05) is 48.5 Å². The number of rotatable bonds is 7. The maximum atomic E-state index is 11.0. The van der Waals surface area contributed by atoms with E-state index >= 15 is 0 Å². The van der Waals surface area contributed by atoms with Gasteiger partial charge in [-0.05, 0) is 55.1 Å². The number of carbonyl (C=O) groups is 1. The molecule has 0 aliphatic heterocycles. The van der Waals surface area contributed by atoms with Crippen LogP contribution in [0.15, 0.2) is 67.4 Å². The van der Waals surface area contributed by atoms with Crippen molar-refractivity contribution in [2.75, 3.05) is 6.54 Å². The third kappa shape index (κ3) is 6.75. The van der Waals surface area contributed by atoms with E-state index in [-0.39, 0.29) is 0 Å². The van der Waals surface area contributed by atoms with Crippen LogP contribution in [0.3, 0.4) is 0 Å². The summed E-state index contributed by atoms with van der Waals surface area (Å²) < 4.78 is 0. The molecule has 3 aromatic rings.